The molecule has 0 aliphatic rings. The molecule has 0 spiro atoms. The Morgan fingerprint density at radius 2 is 0.411 bits per heavy atom. The van der Waals surface area contributed by atoms with Crippen LogP contribution in [0.5, 0.6) is 0 Å². The minimum absolute atomic E-state index is 0.110. The van der Waals surface area contributed by atoms with E-state index in [4.69, 9.17) is 37.0 Å². The first-order valence-electron chi connectivity index (χ1n) is 48.1. The van der Waals surface area contributed by atoms with E-state index < -0.39 is 97.5 Å². The first-order chi connectivity index (χ1) is 54.5. The third-order valence-electron chi connectivity index (χ3n) is 22.0. The van der Waals surface area contributed by atoms with Gasteiger partial charge in [-0.2, -0.15) is 0 Å². The van der Waals surface area contributed by atoms with Gasteiger partial charge in [0, 0.05) is 25.7 Å². The molecule has 0 aromatic heterocycles. The van der Waals surface area contributed by atoms with E-state index in [9.17, 15) is 43.2 Å². The summed E-state index contributed by atoms with van der Waals surface area (Å²) in [6.07, 6.45) is 82.0. The molecule has 0 aliphatic heterocycles. The summed E-state index contributed by atoms with van der Waals surface area (Å²) in [6.45, 7) is 7.45. The lowest BCUT2D eigenvalue weighted by atomic mass is 10.0. The fourth-order valence-corrected chi connectivity index (χ4v) is 16.3. The van der Waals surface area contributed by atoms with Gasteiger partial charge in [-0.1, -0.05) is 458 Å². The monoisotopic (exact) mass is 1630 g/mol. The molecule has 0 radical (unpaired) electrons. The molecule has 0 heterocycles. The number of ether oxygens (including phenoxy) is 4. The van der Waals surface area contributed by atoms with E-state index in [1.807, 2.05) is 0 Å². The van der Waals surface area contributed by atoms with Crippen LogP contribution in [0.2, 0.25) is 0 Å². The van der Waals surface area contributed by atoms with Gasteiger partial charge < -0.3 is 33.8 Å². The van der Waals surface area contributed by atoms with Crippen LogP contribution in [0.25, 0.3) is 0 Å². The SMILES string of the molecule is CCCCCCCCCCCCCCCCCCCCCCC(=O)OC[C@H](COP(=O)(O)OC[C@@H](O)COP(=O)(O)OC[C@@H](COC(=O)CCCCCCCCCCCCCCC)OC(=O)CCCCCCCCCCCCCCCCCCCC)OC(=O)CCCCCCCCCCCCCCCCCCCCC(C)C. The predicted molar refractivity (Wildman–Crippen MR) is 465 cm³/mol. The Bertz CT molecular complexity index is 2120. The Morgan fingerprint density at radius 3 is 0.607 bits per heavy atom. The Balaban J connectivity index is 5.25. The third-order valence-corrected chi connectivity index (χ3v) is 23.9. The van der Waals surface area contributed by atoms with Crippen molar-refractivity contribution < 1.29 is 80.2 Å². The largest absolute Gasteiger partial charge is 0.472 e. The second-order valence-corrected chi connectivity index (χ2v) is 36.8. The molecule has 112 heavy (non-hydrogen) atoms. The summed E-state index contributed by atoms with van der Waals surface area (Å²) in [5.41, 5.74) is 0. The van der Waals surface area contributed by atoms with Gasteiger partial charge in [0.1, 0.15) is 19.3 Å². The van der Waals surface area contributed by atoms with Gasteiger partial charge in [0.15, 0.2) is 12.2 Å². The van der Waals surface area contributed by atoms with Crippen molar-refractivity contribution in [3.63, 3.8) is 0 Å². The quantitative estimate of drug-likeness (QED) is 0.0222. The lowest BCUT2D eigenvalue weighted by molar-refractivity contribution is -0.161. The first kappa shape index (κ1) is 110. The summed E-state index contributed by atoms with van der Waals surface area (Å²) in [5.74, 6) is -1.27. The average molecular weight is 1630 g/mol. The number of phosphoric acid groups is 2. The van der Waals surface area contributed by atoms with Crippen LogP contribution in [0.3, 0.4) is 0 Å². The van der Waals surface area contributed by atoms with Gasteiger partial charge in [0.2, 0.25) is 0 Å². The van der Waals surface area contributed by atoms with Crippen LogP contribution in [-0.4, -0.2) is 96.7 Å². The smallest absolute Gasteiger partial charge is 0.462 e. The number of carbonyl (C=O) groups excluding carboxylic acids is 4. The van der Waals surface area contributed by atoms with Crippen molar-refractivity contribution >= 4 is 39.5 Å². The van der Waals surface area contributed by atoms with Gasteiger partial charge in [-0.25, -0.2) is 9.13 Å². The van der Waals surface area contributed by atoms with E-state index in [-0.39, 0.29) is 25.7 Å². The minimum Gasteiger partial charge on any atom is -0.462 e. The lowest BCUT2D eigenvalue weighted by Gasteiger charge is -2.21. The number of carbonyl (C=O) groups is 4. The molecule has 0 rings (SSSR count). The van der Waals surface area contributed by atoms with Crippen molar-refractivity contribution in [1.82, 2.24) is 0 Å². The molecule has 0 aromatic rings. The van der Waals surface area contributed by atoms with Gasteiger partial charge in [-0.05, 0) is 31.6 Å². The summed E-state index contributed by atoms with van der Waals surface area (Å²) in [7, 11) is -9.94. The summed E-state index contributed by atoms with van der Waals surface area (Å²) < 4.78 is 69.2. The van der Waals surface area contributed by atoms with Crippen LogP contribution >= 0.6 is 15.6 Å². The maximum Gasteiger partial charge on any atom is 0.472 e. The molecule has 0 aliphatic carbocycles. The maximum absolute atomic E-state index is 13.2. The Labute approximate surface area is 689 Å². The van der Waals surface area contributed by atoms with Gasteiger partial charge >= 0.3 is 39.5 Å². The second kappa shape index (κ2) is 85.5. The molecule has 0 saturated carbocycles. The van der Waals surface area contributed by atoms with Crippen LogP contribution in [0.15, 0.2) is 0 Å². The first-order valence-corrected chi connectivity index (χ1v) is 51.1. The van der Waals surface area contributed by atoms with Crippen molar-refractivity contribution in [3.05, 3.63) is 0 Å². The topological polar surface area (TPSA) is 237 Å². The highest BCUT2D eigenvalue weighted by Crippen LogP contribution is 2.45. The van der Waals surface area contributed by atoms with Gasteiger partial charge in [0.25, 0.3) is 0 Å². The molecule has 5 atom stereocenters. The highest BCUT2D eigenvalue weighted by atomic mass is 31.2. The molecule has 0 saturated heterocycles. The molecule has 3 N–H and O–H groups in total. The Morgan fingerprint density at radius 1 is 0.241 bits per heavy atom. The summed E-state index contributed by atoms with van der Waals surface area (Å²) in [5, 5.41) is 10.7. The maximum atomic E-state index is 13.2. The molecule has 2 unspecified atom stereocenters. The van der Waals surface area contributed by atoms with Crippen LogP contribution in [0, 0.1) is 5.92 Å². The van der Waals surface area contributed by atoms with E-state index in [0.717, 1.165) is 95.8 Å². The zero-order valence-corrected chi connectivity index (χ0v) is 75.6. The Kier molecular flexibility index (Phi) is 84.0. The fourth-order valence-electron chi connectivity index (χ4n) is 14.7. The van der Waals surface area contributed by atoms with E-state index in [2.05, 4.69) is 34.6 Å². The van der Waals surface area contributed by atoms with Crippen molar-refractivity contribution in [2.24, 2.45) is 5.92 Å². The number of esters is 4. The summed E-state index contributed by atoms with van der Waals surface area (Å²) in [4.78, 5) is 73.5. The molecule has 0 aromatic carbocycles. The third kappa shape index (κ3) is 85.9. The average Bonchev–Trinajstić information content (AvgIpc) is 0.892. The zero-order valence-electron chi connectivity index (χ0n) is 73.8. The minimum atomic E-state index is -4.97. The predicted octanol–water partition coefficient (Wildman–Crippen LogP) is 29.1. The van der Waals surface area contributed by atoms with Crippen molar-refractivity contribution in [3.8, 4) is 0 Å². The number of unbranched alkanes of at least 4 members (excludes halogenated alkanes) is 65. The normalized spacial score (nSPS) is 13.7. The molecule has 19 heteroatoms. The standard InChI is InChI=1S/C93H182O17P2/c1-6-9-12-15-18-21-24-27-29-31-33-34-39-42-47-52-57-62-67-72-77-91(96)104-83-89(110-93(98)79-74-69-64-59-54-49-44-40-36-35-37-41-46-50-55-60-65-70-75-86(4)5)85-108-112(101,102)106-81-87(94)80-105-111(99,100)107-84-88(82-103-90(95)76-71-66-61-56-51-45-26-23-20-17-14-11-8-3)109-92(97)78-73-68-63-58-53-48-43-38-32-30-28-25-22-19-16-13-10-7-2/h86-89,94H,6-85H2,1-5H3,(H,99,100)(H,101,102)/t87-,88+,89+/m0/s1. The lowest BCUT2D eigenvalue weighted by Crippen LogP contribution is -2.30. The highest BCUT2D eigenvalue weighted by molar-refractivity contribution is 7.47. The molecule has 0 bridgehead atoms. The zero-order chi connectivity index (χ0) is 81.8. The van der Waals surface area contributed by atoms with Crippen molar-refractivity contribution in [2.45, 2.75) is 528 Å². The molecule has 17 nitrogen and oxygen atoms in total. The second-order valence-electron chi connectivity index (χ2n) is 33.9. The number of phosphoric ester groups is 2. The number of hydrogen-bond donors (Lipinski definition) is 3. The van der Waals surface area contributed by atoms with E-state index in [0.29, 0.717) is 25.7 Å². The molecule has 0 amide bonds. The van der Waals surface area contributed by atoms with E-state index >= 15 is 0 Å². The number of aliphatic hydroxyl groups is 1. The molecule has 0 fully saturated rings. The summed E-state index contributed by atoms with van der Waals surface area (Å²) >= 11 is 0. The molecular formula is C93H182O17P2. The van der Waals surface area contributed by atoms with Crippen LogP contribution in [0.4, 0.5) is 0 Å². The van der Waals surface area contributed by atoms with Gasteiger partial charge in [-0.3, -0.25) is 37.3 Å². The number of rotatable bonds is 93. The van der Waals surface area contributed by atoms with Gasteiger partial charge in [-0.15, -0.1) is 0 Å². The van der Waals surface area contributed by atoms with Crippen molar-refractivity contribution in [1.29, 1.82) is 0 Å². The molecular weight excluding hydrogens is 1450 g/mol. The van der Waals surface area contributed by atoms with Crippen LogP contribution in [-0.2, 0) is 65.4 Å². The number of aliphatic hydroxyl groups excluding tert-OH is 1. The highest BCUT2D eigenvalue weighted by Gasteiger charge is 2.31. The van der Waals surface area contributed by atoms with E-state index in [1.54, 1.807) is 0 Å². The Hall–Kier alpha value is -1.94. The summed E-state index contributed by atoms with van der Waals surface area (Å²) in [6, 6.07) is 0. The van der Waals surface area contributed by atoms with Crippen LogP contribution in [0.1, 0.15) is 510 Å². The van der Waals surface area contributed by atoms with E-state index in [1.165, 1.54) is 334 Å². The number of hydrogen-bond acceptors (Lipinski definition) is 15. The fraction of sp³-hybridized carbons (Fsp3) is 0.957. The molecule has 666 valence electrons. The van der Waals surface area contributed by atoms with Crippen molar-refractivity contribution in [2.75, 3.05) is 39.6 Å². The van der Waals surface area contributed by atoms with Gasteiger partial charge in [0.05, 0.1) is 26.4 Å². The van der Waals surface area contributed by atoms with Crippen LogP contribution < -0.4 is 0 Å².